The van der Waals surface area contributed by atoms with Crippen molar-refractivity contribution in [1.29, 1.82) is 0 Å². The fourth-order valence-electron chi connectivity index (χ4n) is 3.02. The van der Waals surface area contributed by atoms with Gasteiger partial charge in [0.1, 0.15) is 22.8 Å². The number of ether oxygens (including phenoxy) is 2. The lowest BCUT2D eigenvalue weighted by atomic mass is 10.2. The van der Waals surface area contributed by atoms with Gasteiger partial charge in [-0.3, -0.25) is 4.79 Å². The van der Waals surface area contributed by atoms with Crippen LogP contribution in [0.3, 0.4) is 0 Å². The number of rotatable bonds is 5. The summed E-state index contributed by atoms with van der Waals surface area (Å²) in [5.41, 5.74) is 5.51. The molecule has 148 valence electrons. The van der Waals surface area contributed by atoms with E-state index in [0.29, 0.717) is 28.7 Å². The molecule has 0 bridgehead atoms. The minimum Gasteiger partial charge on any atom is -0.497 e. The molecule has 1 amide bonds. The standard InChI is InChI=1S/C19H17N5O5/c1-9-4-7-12(29-9)17-21-14(16(20)25)15-18(23-17)24(19(26)22-15)11-6-5-10(27-2)8-13(11)28-3/h4-8H,1-3H3,(H2,20,25)(H,22,26). The summed E-state index contributed by atoms with van der Waals surface area (Å²) < 4.78 is 17.5. The number of H-pyrrole nitrogens is 1. The zero-order valence-electron chi connectivity index (χ0n) is 15.8. The molecule has 0 radical (unpaired) electrons. The second-order valence-electron chi connectivity index (χ2n) is 6.17. The highest BCUT2D eigenvalue weighted by molar-refractivity contribution is 6.02. The monoisotopic (exact) mass is 395 g/mol. The van der Waals surface area contributed by atoms with E-state index in [-0.39, 0.29) is 22.7 Å². The van der Waals surface area contributed by atoms with Crippen LogP contribution < -0.4 is 20.9 Å². The Hall–Kier alpha value is -4.08. The van der Waals surface area contributed by atoms with Crippen molar-refractivity contribution in [3.8, 4) is 28.8 Å². The number of benzene rings is 1. The average Bonchev–Trinajstić information content (AvgIpc) is 3.28. The Balaban J connectivity index is 2.06. The molecule has 0 fully saturated rings. The molecule has 3 aromatic heterocycles. The molecular formula is C19H17N5O5. The van der Waals surface area contributed by atoms with Gasteiger partial charge < -0.3 is 24.6 Å². The van der Waals surface area contributed by atoms with E-state index < -0.39 is 11.6 Å². The van der Waals surface area contributed by atoms with Gasteiger partial charge in [0.2, 0.25) is 0 Å². The number of hydrogen-bond donors (Lipinski definition) is 2. The maximum atomic E-state index is 12.8. The highest BCUT2D eigenvalue weighted by Gasteiger charge is 2.22. The van der Waals surface area contributed by atoms with Crippen LogP contribution >= 0.6 is 0 Å². The van der Waals surface area contributed by atoms with Crippen LogP contribution in [0.1, 0.15) is 16.2 Å². The maximum absolute atomic E-state index is 12.8. The highest BCUT2D eigenvalue weighted by atomic mass is 16.5. The second-order valence-corrected chi connectivity index (χ2v) is 6.17. The summed E-state index contributed by atoms with van der Waals surface area (Å²) in [6.45, 7) is 1.77. The summed E-state index contributed by atoms with van der Waals surface area (Å²) in [7, 11) is 3.00. The van der Waals surface area contributed by atoms with Crippen molar-refractivity contribution in [2.45, 2.75) is 6.92 Å². The summed E-state index contributed by atoms with van der Waals surface area (Å²) in [5.74, 6) is 1.23. The highest BCUT2D eigenvalue weighted by Crippen LogP contribution is 2.30. The van der Waals surface area contributed by atoms with Crippen molar-refractivity contribution in [2.75, 3.05) is 14.2 Å². The van der Waals surface area contributed by atoms with Crippen LogP contribution in [-0.2, 0) is 0 Å². The predicted octanol–water partition coefficient (Wildman–Crippen LogP) is 1.79. The Morgan fingerprint density at radius 3 is 2.59 bits per heavy atom. The Morgan fingerprint density at radius 1 is 1.17 bits per heavy atom. The number of imidazole rings is 1. The largest absolute Gasteiger partial charge is 0.497 e. The van der Waals surface area contributed by atoms with Crippen molar-refractivity contribution < 1.29 is 18.7 Å². The number of aryl methyl sites for hydroxylation is 1. The smallest absolute Gasteiger partial charge is 0.332 e. The van der Waals surface area contributed by atoms with E-state index in [4.69, 9.17) is 19.6 Å². The fourth-order valence-corrected chi connectivity index (χ4v) is 3.02. The van der Waals surface area contributed by atoms with Gasteiger partial charge in [-0.05, 0) is 31.2 Å². The topological polar surface area (TPSA) is 138 Å². The summed E-state index contributed by atoms with van der Waals surface area (Å²) in [6, 6.07) is 8.37. The fraction of sp³-hybridized carbons (Fsp3) is 0.158. The molecule has 0 aliphatic carbocycles. The number of nitrogens with one attached hydrogen (secondary N) is 1. The van der Waals surface area contributed by atoms with Crippen LogP contribution in [0, 0.1) is 6.92 Å². The molecule has 10 heteroatoms. The van der Waals surface area contributed by atoms with Gasteiger partial charge in [0.05, 0.1) is 19.9 Å². The molecular weight excluding hydrogens is 378 g/mol. The number of aromatic nitrogens is 4. The summed E-state index contributed by atoms with van der Waals surface area (Å²) >= 11 is 0. The van der Waals surface area contributed by atoms with Gasteiger partial charge in [0, 0.05) is 6.07 Å². The second kappa shape index (κ2) is 6.82. The lowest BCUT2D eigenvalue weighted by Gasteiger charge is -2.11. The average molecular weight is 395 g/mol. The molecule has 29 heavy (non-hydrogen) atoms. The summed E-state index contributed by atoms with van der Waals surface area (Å²) in [5, 5.41) is 0. The normalized spacial score (nSPS) is 11.0. The molecule has 4 aromatic rings. The Kier molecular flexibility index (Phi) is 4.30. The first-order valence-corrected chi connectivity index (χ1v) is 8.54. The maximum Gasteiger partial charge on any atom is 0.332 e. The molecule has 0 saturated carbocycles. The Labute approximate surface area is 163 Å². The first-order valence-electron chi connectivity index (χ1n) is 8.54. The number of hydrogen-bond acceptors (Lipinski definition) is 7. The van der Waals surface area contributed by atoms with E-state index >= 15 is 0 Å². The molecule has 0 aliphatic rings. The van der Waals surface area contributed by atoms with Gasteiger partial charge >= 0.3 is 5.69 Å². The number of fused-ring (bicyclic) bond motifs is 1. The van der Waals surface area contributed by atoms with Crippen molar-refractivity contribution in [2.24, 2.45) is 5.73 Å². The minimum absolute atomic E-state index is 0.118. The molecule has 3 N–H and O–H groups in total. The number of amides is 1. The molecule has 0 unspecified atom stereocenters. The van der Waals surface area contributed by atoms with E-state index in [1.807, 2.05) is 0 Å². The van der Waals surface area contributed by atoms with Gasteiger partial charge in [0.25, 0.3) is 5.91 Å². The summed E-state index contributed by atoms with van der Waals surface area (Å²) in [6.07, 6.45) is 0. The third kappa shape index (κ3) is 3.00. The van der Waals surface area contributed by atoms with Crippen LogP contribution in [0.25, 0.3) is 28.4 Å². The molecule has 1 aromatic carbocycles. The van der Waals surface area contributed by atoms with Crippen LogP contribution in [0.4, 0.5) is 0 Å². The van der Waals surface area contributed by atoms with Crippen molar-refractivity contribution in [3.05, 3.63) is 52.3 Å². The van der Waals surface area contributed by atoms with Crippen molar-refractivity contribution in [3.63, 3.8) is 0 Å². The number of methoxy groups -OCH3 is 2. The number of nitrogens with two attached hydrogens (primary N) is 1. The van der Waals surface area contributed by atoms with Gasteiger partial charge in [-0.25, -0.2) is 19.3 Å². The van der Waals surface area contributed by atoms with Gasteiger partial charge in [-0.2, -0.15) is 0 Å². The van der Waals surface area contributed by atoms with Crippen LogP contribution in [-0.4, -0.2) is 39.6 Å². The van der Waals surface area contributed by atoms with Crippen molar-refractivity contribution in [1.82, 2.24) is 19.5 Å². The molecule has 0 saturated heterocycles. The van der Waals surface area contributed by atoms with E-state index in [1.165, 1.54) is 18.8 Å². The third-order valence-corrected chi connectivity index (χ3v) is 4.36. The molecule has 10 nitrogen and oxygen atoms in total. The number of carbonyl (C=O) groups excluding carboxylic acids is 1. The summed E-state index contributed by atoms with van der Waals surface area (Å²) in [4.78, 5) is 36.0. The predicted molar refractivity (Wildman–Crippen MR) is 104 cm³/mol. The third-order valence-electron chi connectivity index (χ3n) is 4.36. The minimum atomic E-state index is -0.808. The lowest BCUT2D eigenvalue weighted by Crippen LogP contribution is -2.16. The van der Waals surface area contributed by atoms with E-state index in [9.17, 15) is 9.59 Å². The first kappa shape index (κ1) is 18.3. The van der Waals surface area contributed by atoms with E-state index in [0.717, 1.165) is 0 Å². The molecule has 3 heterocycles. The number of primary amides is 1. The Bertz CT molecular complexity index is 1300. The first-order chi connectivity index (χ1) is 13.9. The van der Waals surface area contributed by atoms with Crippen LogP contribution in [0.15, 0.2) is 39.5 Å². The van der Waals surface area contributed by atoms with E-state index in [1.54, 1.807) is 37.3 Å². The van der Waals surface area contributed by atoms with Gasteiger partial charge in [-0.15, -0.1) is 0 Å². The number of aromatic amines is 1. The molecule has 0 spiro atoms. The Morgan fingerprint density at radius 2 is 1.97 bits per heavy atom. The number of furan rings is 1. The molecule has 0 aliphatic heterocycles. The van der Waals surface area contributed by atoms with Crippen LogP contribution in [0.2, 0.25) is 0 Å². The lowest BCUT2D eigenvalue weighted by molar-refractivity contribution is 0.0997. The van der Waals surface area contributed by atoms with Crippen molar-refractivity contribution >= 4 is 17.1 Å². The van der Waals surface area contributed by atoms with Gasteiger partial charge in [0.15, 0.2) is 22.9 Å². The molecule has 4 rings (SSSR count). The molecule has 0 atom stereocenters. The quantitative estimate of drug-likeness (QED) is 0.525. The number of carbonyl (C=O) groups is 1. The number of nitrogens with zero attached hydrogens (tertiary/aromatic N) is 3. The zero-order valence-corrected chi connectivity index (χ0v) is 15.8. The SMILES string of the molecule is COc1ccc(-n2c(=O)[nH]c3c(C(N)=O)nc(-c4ccc(C)o4)nc32)c(OC)c1. The zero-order chi connectivity index (χ0) is 20.7. The van der Waals surface area contributed by atoms with Crippen LogP contribution in [0.5, 0.6) is 11.5 Å². The van der Waals surface area contributed by atoms with E-state index in [2.05, 4.69) is 15.0 Å². The van der Waals surface area contributed by atoms with Gasteiger partial charge in [-0.1, -0.05) is 0 Å².